The summed E-state index contributed by atoms with van der Waals surface area (Å²) >= 11 is 1.30. The highest BCUT2D eigenvalue weighted by molar-refractivity contribution is 7.92. The minimum absolute atomic E-state index is 0.0865. The first-order chi connectivity index (χ1) is 16.3. The average molecular weight is 499 g/mol. The summed E-state index contributed by atoms with van der Waals surface area (Å²) in [5.74, 6) is -1.93. The maximum Gasteiger partial charge on any atom is 0.341 e. The molecule has 1 amide bonds. The van der Waals surface area contributed by atoms with E-state index in [1.54, 1.807) is 12.1 Å². The molecule has 1 aliphatic heterocycles. The molecule has 0 atom stereocenters. The molecule has 2 aromatic carbocycles. The maximum absolute atomic E-state index is 12.7. The molecule has 2 heterocycles. The summed E-state index contributed by atoms with van der Waals surface area (Å²) in [4.78, 5) is 28.6. The molecular formula is C25H26N2O5S2. The van der Waals surface area contributed by atoms with Gasteiger partial charge in [-0.25, -0.2) is 13.2 Å². The molecule has 3 aromatic rings. The van der Waals surface area contributed by atoms with Crippen LogP contribution in [0.3, 0.4) is 0 Å². The van der Waals surface area contributed by atoms with Crippen LogP contribution in [0.25, 0.3) is 0 Å². The molecule has 1 aliphatic rings. The van der Waals surface area contributed by atoms with E-state index in [1.807, 2.05) is 25.1 Å². The van der Waals surface area contributed by atoms with Gasteiger partial charge in [-0.2, -0.15) is 0 Å². The summed E-state index contributed by atoms with van der Waals surface area (Å²) in [6.07, 6.45) is 0.640. The van der Waals surface area contributed by atoms with Gasteiger partial charge in [0, 0.05) is 24.5 Å². The van der Waals surface area contributed by atoms with Gasteiger partial charge in [0.1, 0.15) is 10.8 Å². The van der Waals surface area contributed by atoms with Crippen molar-refractivity contribution < 1.29 is 22.7 Å². The Balaban J connectivity index is 1.53. The van der Waals surface area contributed by atoms with E-state index in [0.717, 1.165) is 29.1 Å². The third kappa shape index (κ3) is 5.38. The zero-order valence-corrected chi connectivity index (χ0v) is 20.7. The predicted octanol–water partition coefficient (Wildman–Crippen LogP) is 3.81. The molecule has 0 spiro atoms. The molecule has 34 heavy (non-hydrogen) atoms. The van der Waals surface area contributed by atoms with Gasteiger partial charge in [-0.1, -0.05) is 48.0 Å². The van der Waals surface area contributed by atoms with Crippen LogP contribution in [0.4, 0.5) is 5.00 Å². The highest BCUT2D eigenvalue weighted by Gasteiger charge is 2.30. The van der Waals surface area contributed by atoms with E-state index in [0.29, 0.717) is 23.5 Å². The van der Waals surface area contributed by atoms with E-state index in [1.165, 1.54) is 36.1 Å². The zero-order chi connectivity index (χ0) is 24.3. The number of aryl methyl sites for hydroxylation is 1. The number of sulfone groups is 1. The van der Waals surface area contributed by atoms with Crippen molar-refractivity contribution in [1.29, 1.82) is 0 Å². The molecule has 0 unspecified atom stereocenters. The highest BCUT2D eigenvalue weighted by Crippen LogP contribution is 2.38. The largest absolute Gasteiger partial charge is 0.465 e. The van der Waals surface area contributed by atoms with Gasteiger partial charge in [-0.05, 0) is 36.6 Å². The van der Waals surface area contributed by atoms with E-state index >= 15 is 0 Å². The van der Waals surface area contributed by atoms with Gasteiger partial charge in [0.05, 0.1) is 17.6 Å². The summed E-state index contributed by atoms with van der Waals surface area (Å²) in [6, 6.07) is 16.5. The van der Waals surface area contributed by atoms with Gasteiger partial charge < -0.3 is 10.1 Å². The SMILES string of the molecule is COC(=O)c1c(NC(=O)CS(=O)(=O)c2ccc(C)cc2)sc2c1CCN(Cc1ccccc1)C2. The number of esters is 1. The second-order valence-corrected chi connectivity index (χ2v) is 11.4. The number of methoxy groups -OCH3 is 1. The van der Waals surface area contributed by atoms with Crippen LogP contribution in [-0.2, 0) is 38.9 Å². The molecule has 0 fully saturated rings. The Morgan fingerprint density at radius 3 is 2.47 bits per heavy atom. The predicted molar refractivity (Wildman–Crippen MR) is 132 cm³/mol. The first-order valence-electron chi connectivity index (χ1n) is 10.8. The topological polar surface area (TPSA) is 92.8 Å². The maximum atomic E-state index is 12.7. The molecule has 0 saturated heterocycles. The number of hydrogen-bond donors (Lipinski definition) is 1. The Labute approximate surface area is 203 Å². The van der Waals surface area contributed by atoms with Gasteiger partial charge >= 0.3 is 5.97 Å². The van der Waals surface area contributed by atoms with Gasteiger partial charge in [0.25, 0.3) is 0 Å². The zero-order valence-electron chi connectivity index (χ0n) is 19.0. The summed E-state index contributed by atoms with van der Waals surface area (Å²) in [5.41, 5.74) is 3.31. The van der Waals surface area contributed by atoms with E-state index < -0.39 is 27.5 Å². The number of anilines is 1. The second-order valence-electron chi connectivity index (χ2n) is 8.27. The number of thiophene rings is 1. The number of benzene rings is 2. The smallest absolute Gasteiger partial charge is 0.341 e. The first kappa shape index (κ1) is 24.1. The third-order valence-electron chi connectivity index (χ3n) is 5.73. The van der Waals surface area contributed by atoms with Crippen molar-refractivity contribution in [2.45, 2.75) is 31.3 Å². The number of amides is 1. The minimum Gasteiger partial charge on any atom is -0.465 e. The fourth-order valence-corrected chi connectivity index (χ4v) is 6.43. The van der Waals surface area contributed by atoms with Crippen LogP contribution in [0.1, 0.15) is 31.9 Å². The summed E-state index contributed by atoms with van der Waals surface area (Å²) in [7, 11) is -2.52. The first-order valence-corrected chi connectivity index (χ1v) is 13.3. The lowest BCUT2D eigenvalue weighted by atomic mass is 10.0. The van der Waals surface area contributed by atoms with E-state index in [9.17, 15) is 18.0 Å². The molecule has 0 radical (unpaired) electrons. The van der Waals surface area contributed by atoms with Crippen LogP contribution < -0.4 is 5.32 Å². The average Bonchev–Trinajstić information content (AvgIpc) is 3.16. The van der Waals surface area contributed by atoms with Crippen LogP contribution in [0.15, 0.2) is 59.5 Å². The number of ether oxygens (including phenoxy) is 1. The van der Waals surface area contributed by atoms with E-state index in [2.05, 4.69) is 22.3 Å². The molecule has 0 bridgehead atoms. The molecule has 4 rings (SSSR count). The Bertz CT molecular complexity index is 1300. The molecule has 178 valence electrons. The van der Waals surface area contributed by atoms with Crippen LogP contribution in [0.2, 0.25) is 0 Å². The third-order valence-corrected chi connectivity index (χ3v) is 8.49. The fourth-order valence-electron chi connectivity index (χ4n) is 4.00. The number of nitrogens with zero attached hydrogens (tertiary/aromatic N) is 1. The van der Waals surface area contributed by atoms with Crippen molar-refractivity contribution in [1.82, 2.24) is 4.90 Å². The molecule has 0 aliphatic carbocycles. The van der Waals surface area contributed by atoms with Crippen molar-refractivity contribution in [2.24, 2.45) is 0 Å². The van der Waals surface area contributed by atoms with E-state index in [4.69, 9.17) is 4.74 Å². The number of rotatable bonds is 7. The standard InChI is InChI=1S/C25H26N2O5S2/c1-17-8-10-19(11-9-17)34(30,31)16-22(28)26-24-23(25(29)32-2)20-12-13-27(15-21(20)33-24)14-18-6-4-3-5-7-18/h3-11H,12-16H2,1-2H3,(H,26,28). The van der Waals surface area contributed by atoms with Crippen LogP contribution in [0.5, 0.6) is 0 Å². The number of hydrogen-bond acceptors (Lipinski definition) is 7. The van der Waals surface area contributed by atoms with Gasteiger partial charge in [0.2, 0.25) is 5.91 Å². The number of carbonyl (C=O) groups excluding carboxylic acids is 2. The lowest BCUT2D eigenvalue weighted by molar-refractivity contribution is -0.113. The van der Waals surface area contributed by atoms with Crippen LogP contribution in [-0.4, -0.2) is 44.6 Å². The second kappa shape index (κ2) is 10.1. The lowest BCUT2D eigenvalue weighted by Gasteiger charge is -2.27. The van der Waals surface area contributed by atoms with Gasteiger partial charge in [-0.15, -0.1) is 11.3 Å². The van der Waals surface area contributed by atoms with Crippen molar-refractivity contribution in [2.75, 3.05) is 24.7 Å². The van der Waals surface area contributed by atoms with Crippen molar-refractivity contribution in [3.63, 3.8) is 0 Å². The van der Waals surface area contributed by atoms with Crippen molar-refractivity contribution >= 4 is 38.1 Å². The highest BCUT2D eigenvalue weighted by atomic mass is 32.2. The minimum atomic E-state index is -3.81. The van der Waals surface area contributed by atoms with Crippen LogP contribution in [0, 0.1) is 6.92 Å². The van der Waals surface area contributed by atoms with Gasteiger partial charge in [0.15, 0.2) is 9.84 Å². The van der Waals surface area contributed by atoms with Crippen molar-refractivity contribution in [3.05, 3.63) is 81.7 Å². The number of fused-ring (bicyclic) bond motifs is 1. The molecule has 1 N–H and O–H groups in total. The Morgan fingerprint density at radius 2 is 1.79 bits per heavy atom. The number of carbonyl (C=O) groups is 2. The summed E-state index contributed by atoms with van der Waals surface area (Å²) in [6.45, 7) is 4.04. The Morgan fingerprint density at radius 1 is 1.09 bits per heavy atom. The number of nitrogens with one attached hydrogen (secondary N) is 1. The molecule has 1 aromatic heterocycles. The van der Waals surface area contributed by atoms with E-state index in [-0.39, 0.29) is 4.90 Å². The molecule has 0 saturated carbocycles. The lowest BCUT2D eigenvalue weighted by Crippen LogP contribution is -2.29. The molecule has 9 heteroatoms. The monoisotopic (exact) mass is 498 g/mol. The summed E-state index contributed by atoms with van der Waals surface area (Å²) < 4.78 is 30.3. The van der Waals surface area contributed by atoms with Crippen LogP contribution >= 0.6 is 11.3 Å². The Hall–Kier alpha value is -3.01. The molecular weight excluding hydrogens is 472 g/mol. The van der Waals surface area contributed by atoms with Crippen molar-refractivity contribution in [3.8, 4) is 0 Å². The summed E-state index contributed by atoms with van der Waals surface area (Å²) in [5, 5.41) is 3.00. The normalized spacial score (nSPS) is 13.8. The fraction of sp³-hybridized carbons (Fsp3) is 0.280. The Kier molecular flexibility index (Phi) is 7.16. The molecule has 7 nitrogen and oxygen atoms in total. The van der Waals surface area contributed by atoms with Gasteiger partial charge in [-0.3, -0.25) is 9.69 Å². The quantitative estimate of drug-likeness (QED) is 0.498.